The summed E-state index contributed by atoms with van der Waals surface area (Å²) in [6.07, 6.45) is 3.70. The molecule has 1 aliphatic rings. The molecule has 0 amide bonds. The Bertz CT molecular complexity index is 579. The van der Waals surface area contributed by atoms with E-state index in [1.54, 1.807) is 11.3 Å². The first-order chi connectivity index (χ1) is 9.00. The van der Waals surface area contributed by atoms with Gasteiger partial charge in [0.25, 0.3) is 0 Å². The zero-order valence-electron chi connectivity index (χ0n) is 11.8. The molecular weight excluding hydrogens is 258 g/mol. The van der Waals surface area contributed by atoms with Crippen LogP contribution in [0.2, 0.25) is 0 Å². The third-order valence-corrected chi connectivity index (χ3v) is 4.99. The maximum Gasteiger partial charge on any atom is 0.234 e. The van der Waals surface area contributed by atoms with Gasteiger partial charge in [-0.15, -0.1) is 10.2 Å². The second kappa shape index (κ2) is 4.52. The Morgan fingerprint density at radius 2 is 2.11 bits per heavy atom. The molecule has 0 radical (unpaired) electrons. The highest BCUT2D eigenvalue weighted by Gasteiger charge is 2.32. The lowest BCUT2D eigenvalue weighted by Gasteiger charge is -2.15. The van der Waals surface area contributed by atoms with Crippen molar-refractivity contribution in [3.8, 4) is 0 Å². The van der Waals surface area contributed by atoms with E-state index in [1.807, 2.05) is 4.52 Å². The molecule has 1 saturated carbocycles. The molecule has 1 aliphatic carbocycles. The third-order valence-electron chi connectivity index (χ3n) is 3.96. The van der Waals surface area contributed by atoms with E-state index in [1.165, 1.54) is 24.3 Å². The fourth-order valence-electron chi connectivity index (χ4n) is 2.89. The summed E-state index contributed by atoms with van der Waals surface area (Å²) in [5.74, 6) is 2.04. The highest BCUT2D eigenvalue weighted by atomic mass is 32.1. The van der Waals surface area contributed by atoms with Crippen LogP contribution in [-0.2, 0) is 5.41 Å². The molecular formula is C13H21N5S. The van der Waals surface area contributed by atoms with Crippen molar-refractivity contribution in [3.63, 3.8) is 0 Å². The first-order valence-electron chi connectivity index (χ1n) is 6.93. The first kappa shape index (κ1) is 13.0. The van der Waals surface area contributed by atoms with Gasteiger partial charge in [0, 0.05) is 11.3 Å². The van der Waals surface area contributed by atoms with Crippen molar-refractivity contribution in [1.82, 2.24) is 19.8 Å². The number of hydrogen-bond donors (Lipinski definition) is 1. The molecule has 2 atom stereocenters. The minimum absolute atomic E-state index is 0.0340. The Labute approximate surface area is 117 Å². The molecule has 2 unspecified atom stereocenters. The second-order valence-corrected chi connectivity index (χ2v) is 7.43. The van der Waals surface area contributed by atoms with Crippen molar-refractivity contribution >= 4 is 16.3 Å². The summed E-state index contributed by atoms with van der Waals surface area (Å²) in [6.45, 7) is 7.18. The Balaban J connectivity index is 2.01. The molecule has 0 aromatic carbocycles. The smallest absolute Gasteiger partial charge is 0.234 e. The maximum atomic E-state index is 5.87. The average Bonchev–Trinajstić information content (AvgIpc) is 3.00. The molecule has 104 valence electrons. The SMILES string of the molecule is CC(C)(C)c1nnc2sc(C3CCCC3CN)nn12. The topological polar surface area (TPSA) is 69.1 Å². The average molecular weight is 279 g/mol. The zero-order valence-corrected chi connectivity index (χ0v) is 12.6. The van der Waals surface area contributed by atoms with Crippen LogP contribution in [0.5, 0.6) is 0 Å². The second-order valence-electron chi connectivity index (χ2n) is 6.44. The van der Waals surface area contributed by atoms with E-state index in [-0.39, 0.29) is 5.41 Å². The molecule has 2 aromatic rings. The Hall–Kier alpha value is -1.01. The number of rotatable bonds is 2. The van der Waals surface area contributed by atoms with Crippen LogP contribution in [-0.4, -0.2) is 26.4 Å². The summed E-state index contributed by atoms with van der Waals surface area (Å²) in [6, 6.07) is 0. The Morgan fingerprint density at radius 1 is 1.32 bits per heavy atom. The molecule has 1 fully saturated rings. The van der Waals surface area contributed by atoms with Crippen molar-refractivity contribution in [2.45, 2.75) is 51.4 Å². The molecule has 2 aromatic heterocycles. The normalized spacial score (nSPS) is 24.4. The van der Waals surface area contributed by atoms with Crippen LogP contribution in [0, 0.1) is 5.92 Å². The van der Waals surface area contributed by atoms with Crippen LogP contribution < -0.4 is 5.73 Å². The minimum atomic E-state index is -0.0340. The van der Waals surface area contributed by atoms with Gasteiger partial charge in [0.1, 0.15) is 5.01 Å². The van der Waals surface area contributed by atoms with Crippen LogP contribution in [0.3, 0.4) is 0 Å². The van der Waals surface area contributed by atoms with Crippen LogP contribution in [0.15, 0.2) is 0 Å². The van der Waals surface area contributed by atoms with Gasteiger partial charge in [-0.25, -0.2) is 0 Å². The van der Waals surface area contributed by atoms with Crippen molar-refractivity contribution in [1.29, 1.82) is 0 Å². The molecule has 6 heteroatoms. The summed E-state index contributed by atoms with van der Waals surface area (Å²) >= 11 is 1.67. The summed E-state index contributed by atoms with van der Waals surface area (Å²) in [5, 5.41) is 14.5. The highest BCUT2D eigenvalue weighted by molar-refractivity contribution is 7.16. The fourth-order valence-corrected chi connectivity index (χ4v) is 3.96. The lowest BCUT2D eigenvalue weighted by Crippen LogP contribution is -2.18. The quantitative estimate of drug-likeness (QED) is 0.916. The summed E-state index contributed by atoms with van der Waals surface area (Å²) in [4.78, 5) is 0.905. The van der Waals surface area contributed by atoms with E-state index in [2.05, 4.69) is 31.0 Å². The number of aromatic nitrogens is 4. The maximum absolute atomic E-state index is 5.87. The van der Waals surface area contributed by atoms with Gasteiger partial charge in [-0.1, -0.05) is 38.5 Å². The van der Waals surface area contributed by atoms with Gasteiger partial charge in [-0.05, 0) is 25.3 Å². The van der Waals surface area contributed by atoms with Crippen LogP contribution in [0.4, 0.5) is 0 Å². The predicted molar refractivity (Wildman–Crippen MR) is 76.5 cm³/mol. The monoisotopic (exact) mass is 279 g/mol. The lowest BCUT2D eigenvalue weighted by atomic mass is 9.96. The minimum Gasteiger partial charge on any atom is -0.330 e. The predicted octanol–water partition coefficient (Wildman–Crippen LogP) is 2.33. The molecule has 19 heavy (non-hydrogen) atoms. The number of hydrogen-bond acceptors (Lipinski definition) is 5. The van der Waals surface area contributed by atoms with Crippen LogP contribution in [0.1, 0.15) is 56.8 Å². The largest absolute Gasteiger partial charge is 0.330 e. The first-order valence-corrected chi connectivity index (χ1v) is 7.75. The van der Waals surface area contributed by atoms with Crippen LogP contribution in [0.25, 0.3) is 4.96 Å². The van der Waals surface area contributed by atoms with Gasteiger partial charge in [0.05, 0.1) is 0 Å². The van der Waals surface area contributed by atoms with Crippen molar-refractivity contribution in [3.05, 3.63) is 10.8 Å². The molecule has 0 aliphatic heterocycles. The zero-order chi connectivity index (χ0) is 13.6. The Kier molecular flexibility index (Phi) is 3.09. The van der Waals surface area contributed by atoms with E-state index < -0.39 is 0 Å². The molecule has 3 rings (SSSR count). The van der Waals surface area contributed by atoms with Crippen molar-refractivity contribution in [2.24, 2.45) is 11.7 Å². The van der Waals surface area contributed by atoms with Gasteiger partial charge in [0.2, 0.25) is 4.96 Å². The van der Waals surface area contributed by atoms with Gasteiger partial charge < -0.3 is 5.73 Å². The lowest BCUT2D eigenvalue weighted by molar-refractivity contribution is 0.484. The van der Waals surface area contributed by atoms with E-state index in [0.717, 1.165) is 17.3 Å². The summed E-state index contributed by atoms with van der Waals surface area (Å²) in [7, 11) is 0. The standard InChI is InChI=1S/C13H21N5S/c1-13(2,3)11-15-16-12-18(11)17-10(19-12)9-6-4-5-8(9)7-14/h8-9H,4-7,14H2,1-3H3. The van der Waals surface area contributed by atoms with Gasteiger partial charge in [0.15, 0.2) is 5.82 Å². The molecule has 0 saturated heterocycles. The number of nitrogens with two attached hydrogens (primary N) is 1. The van der Waals surface area contributed by atoms with Gasteiger partial charge in [-0.2, -0.15) is 9.61 Å². The van der Waals surface area contributed by atoms with E-state index in [9.17, 15) is 0 Å². The Morgan fingerprint density at radius 3 is 2.79 bits per heavy atom. The van der Waals surface area contributed by atoms with Crippen molar-refractivity contribution in [2.75, 3.05) is 6.54 Å². The highest BCUT2D eigenvalue weighted by Crippen LogP contribution is 2.40. The molecule has 5 nitrogen and oxygen atoms in total. The van der Waals surface area contributed by atoms with Crippen molar-refractivity contribution < 1.29 is 0 Å². The van der Waals surface area contributed by atoms with E-state index in [4.69, 9.17) is 10.8 Å². The van der Waals surface area contributed by atoms with Gasteiger partial charge >= 0.3 is 0 Å². The molecule has 0 spiro atoms. The fraction of sp³-hybridized carbons (Fsp3) is 0.769. The van der Waals surface area contributed by atoms with E-state index in [0.29, 0.717) is 11.8 Å². The van der Waals surface area contributed by atoms with E-state index >= 15 is 0 Å². The van der Waals surface area contributed by atoms with Gasteiger partial charge in [-0.3, -0.25) is 0 Å². The number of nitrogens with zero attached hydrogens (tertiary/aromatic N) is 4. The molecule has 2 N–H and O–H groups in total. The molecule has 2 heterocycles. The number of fused-ring (bicyclic) bond motifs is 1. The third kappa shape index (κ3) is 2.17. The van der Waals surface area contributed by atoms with Crippen LogP contribution >= 0.6 is 11.3 Å². The summed E-state index contributed by atoms with van der Waals surface area (Å²) < 4.78 is 1.92. The summed E-state index contributed by atoms with van der Waals surface area (Å²) in [5.41, 5.74) is 5.84. The molecule has 0 bridgehead atoms.